The molecule has 0 heterocycles. The van der Waals surface area contributed by atoms with Crippen molar-refractivity contribution in [3.8, 4) is 11.5 Å². The molecule has 27 heavy (non-hydrogen) atoms. The van der Waals surface area contributed by atoms with E-state index in [9.17, 15) is 14.0 Å². The van der Waals surface area contributed by atoms with Crippen molar-refractivity contribution in [2.45, 2.75) is 32.6 Å². The van der Waals surface area contributed by atoms with E-state index < -0.39 is 0 Å². The van der Waals surface area contributed by atoms with Gasteiger partial charge in [0.25, 0.3) is 0 Å². The highest BCUT2D eigenvalue weighted by Gasteiger charge is 2.25. The number of carbonyl (C=O) groups excluding carboxylic acids is 2. The lowest BCUT2D eigenvalue weighted by molar-refractivity contribution is -0.140. The van der Waals surface area contributed by atoms with Gasteiger partial charge in [0.2, 0.25) is 0 Å². The molecule has 0 unspecified atom stereocenters. The Labute approximate surface area is 158 Å². The highest BCUT2D eigenvalue weighted by atomic mass is 19.1. The minimum atomic E-state index is -0.360. The Morgan fingerprint density at radius 2 is 1.52 bits per heavy atom. The first-order valence-corrected chi connectivity index (χ1v) is 9.24. The molecule has 0 aliphatic heterocycles. The van der Waals surface area contributed by atoms with Crippen LogP contribution < -0.4 is 9.47 Å². The molecule has 1 saturated carbocycles. The van der Waals surface area contributed by atoms with E-state index in [0.29, 0.717) is 23.0 Å². The van der Waals surface area contributed by atoms with Crippen LogP contribution in [0.15, 0.2) is 48.5 Å². The van der Waals surface area contributed by atoms with E-state index in [2.05, 4.69) is 6.92 Å². The molecule has 3 rings (SSSR count). The molecule has 1 aliphatic rings. The number of Topliss-reactive ketones (excluding diaryl/α,β-unsaturated/α-hetero) is 1. The minimum absolute atomic E-state index is 0.0355. The van der Waals surface area contributed by atoms with Crippen LogP contribution in [0.4, 0.5) is 4.39 Å². The zero-order valence-corrected chi connectivity index (χ0v) is 15.3. The van der Waals surface area contributed by atoms with Crippen molar-refractivity contribution in [1.82, 2.24) is 0 Å². The number of rotatable bonds is 6. The van der Waals surface area contributed by atoms with Gasteiger partial charge in [0.1, 0.15) is 17.3 Å². The molecule has 142 valence electrons. The molecule has 5 heteroatoms. The summed E-state index contributed by atoms with van der Waals surface area (Å²) in [5, 5.41) is 0. The molecule has 0 aromatic heterocycles. The zero-order valence-electron chi connectivity index (χ0n) is 15.3. The Bertz CT molecular complexity index is 775. The van der Waals surface area contributed by atoms with Gasteiger partial charge < -0.3 is 9.47 Å². The first-order chi connectivity index (χ1) is 13.0. The number of hydrogen-bond donors (Lipinski definition) is 0. The maximum Gasteiger partial charge on any atom is 0.314 e. The molecule has 0 N–H and O–H groups in total. The van der Waals surface area contributed by atoms with Crippen molar-refractivity contribution in [3.63, 3.8) is 0 Å². The summed E-state index contributed by atoms with van der Waals surface area (Å²) in [5.74, 6) is 0.746. The van der Waals surface area contributed by atoms with E-state index in [0.717, 1.165) is 25.7 Å². The first kappa shape index (κ1) is 19.1. The van der Waals surface area contributed by atoms with E-state index >= 15 is 0 Å². The molecule has 0 bridgehead atoms. The maximum absolute atomic E-state index is 12.9. The number of esters is 1. The molecule has 2 aromatic carbocycles. The van der Waals surface area contributed by atoms with Crippen molar-refractivity contribution < 1.29 is 23.5 Å². The second-order valence-corrected chi connectivity index (χ2v) is 7.07. The van der Waals surface area contributed by atoms with Gasteiger partial charge in [-0.05, 0) is 80.1 Å². The predicted octanol–water partition coefficient (Wildman–Crippen LogP) is 4.82. The van der Waals surface area contributed by atoms with Gasteiger partial charge in [-0.15, -0.1) is 0 Å². The molecule has 0 atom stereocenters. The fourth-order valence-corrected chi connectivity index (χ4v) is 3.17. The summed E-state index contributed by atoms with van der Waals surface area (Å²) < 4.78 is 23.7. The average Bonchev–Trinajstić information content (AvgIpc) is 2.68. The molecule has 0 amide bonds. The summed E-state index contributed by atoms with van der Waals surface area (Å²) in [4.78, 5) is 24.4. The predicted molar refractivity (Wildman–Crippen MR) is 99.4 cm³/mol. The molecule has 2 aromatic rings. The molecule has 0 spiro atoms. The molecule has 4 nitrogen and oxygen atoms in total. The second kappa shape index (κ2) is 8.80. The lowest BCUT2D eigenvalue weighted by atomic mass is 9.83. The maximum atomic E-state index is 12.9. The van der Waals surface area contributed by atoms with Crippen molar-refractivity contribution in [3.05, 3.63) is 59.9 Å². The highest BCUT2D eigenvalue weighted by Crippen LogP contribution is 2.29. The van der Waals surface area contributed by atoms with Crippen LogP contribution in [0.3, 0.4) is 0 Å². The third-order valence-corrected chi connectivity index (χ3v) is 4.93. The number of carbonyl (C=O) groups is 2. The van der Waals surface area contributed by atoms with Crippen LogP contribution in [-0.4, -0.2) is 18.4 Å². The van der Waals surface area contributed by atoms with Crippen LogP contribution in [0.2, 0.25) is 0 Å². The summed E-state index contributed by atoms with van der Waals surface area (Å²) in [6, 6.07) is 12.0. The van der Waals surface area contributed by atoms with Gasteiger partial charge in [0, 0.05) is 5.56 Å². The van der Waals surface area contributed by atoms with Gasteiger partial charge in [-0.3, -0.25) is 9.59 Å². The van der Waals surface area contributed by atoms with Gasteiger partial charge in [-0.2, -0.15) is 0 Å². The van der Waals surface area contributed by atoms with Crippen LogP contribution in [-0.2, 0) is 4.79 Å². The number of ketones is 1. The lowest BCUT2D eigenvalue weighted by Crippen LogP contribution is -2.25. The molecule has 1 aliphatic carbocycles. The SMILES string of the molecule is CC1CCC(C(=O)Oc2ccc(C(=O)COc3ccc(F)cc3)cc2)CC1. The Kier molecular flexibility index (Phi) is 6.22. The monoisotopic (exact) mass is 370 g/mol. The molecule has 1 fully saturated rings. The Balaban J connectivity index is 1.51. The van der Waals surface area contributed by atoms with Gasteiger partial charge in [0.15, 0.2) is 12.4 Å². The van der Waals surface area contributed by atoms with E-state index in [4.69, 9.17) is 9.47 Å². The van der Waals surface area contributed by atoms with Gasteiger partial charge >= 0.3 is 5.97 Å². The van der Waals surface area contributed by atoms with Gasteiger partial charge in [0.05, 0.1) is 5.92 Å². The first-order valence-electron chi connectivity index (χ1n) is 9.24. The van der Waals surface area contributed by atoms with Crippen LogP contribution >= 0.6 is 0 Å². The Morgan fingerprint density at radius 3 is 2.15 bits per heavy atom. The van der Waals surface area contributed by atoms with E-state index in [-0.39, 0.29) is 30.1 Å². The molecule has 0 radical (unpaired) electrons. The normalized spacial score (nSPS) is 19.3. The summed E-state index contributed by atoms with van der Waals surface area (Å²) in [5.41, 5.74) is 0.461. The van der Waals surface area contributed by atoms with Crippen molar-refractivity contribution in [2.75, 3.05) is 6.61 Å². The minimum Gasteiger partial charge on any atom is -0.485 e. The Hall–Kier alpha value is -2.69. The standard InChI is InChI=1S/C22H23FO4/c1-15-2-4-17(5-3-15)22(25)27-20-10-6-16(7-11-20)21(24)14-26-19-12-8-18(23)9-13-19/h6-13,15,17H,2-5,14H2,1H3. The fraction of sp³-hybridized carbons (Fsp3) is 0.364. The van der Waals surface area contributed by atoms with Crippen LogP contribution in [0.25, 0.3) is 0 Å². The summed E-state index contributed by atoms with van der Waals surface area (Å²) >= 11 is 0. The van der Waals surface area contributed by atoms with Gasteiger partial charge in [-0.25, -0.2) is 4.39 Å². The second-order valence-electron chi connectivity index (χ2n) is 7.07. The van der Waals surface area contributed by atoms with Crippen molar-refractivity contribution in [1.29, 1.82) is 0 Å². The van der Waals surface area contributed by atoms with Crippen LogP contribution in [0, 0.1) is 17.7 Å². The topological polar surface area (TPSA) is 52.6 Å². The van der Waals surface area contributed by atoms with Crippen LogP contribution in [0.1, 0.15) is 43.0 Å². The quantitative estimate of drug-likeness (QED) is 0.416. The van der Waals surface area contributed by atoms with Gasteiger partial charge in [-0.1, -0.05) is 6.92 Å². The zero-order chi connectivity index (χ0) is 19.2. The third kappa shape index (κ3) is 5.39. The third-order valence-electron chi connectivity index (χ3n) is 4.93. The fourth-order valence-electron chi connectivity index (χ4n) is 3.17. The summed E-state index contributed by atoms with van der Waals surface area (Å²) in [7, 11) is 0. The largest absolute Gasteiger partial charge is 0.485 e. The number of hydrogen-bond acceptors (Lipinski definition) is 4. The Morgan fingerprint density at radius 1 is 0.926 bits per heavy atom. The van der Waals surface area contributed by atoms with Crippen molar-refractivity contribution in [2.24, 2.45) is 11.8 Å². The smallest absolute Gasteiger partial charge is 0.314 e. The highest BCUT2D eigenvalue weighted by molar-refractivity contribution is 5.97. The molecule has 0 saturated heterocycles. The van der Waals surface area contributed by atoms with Crippen LogP contribution in [0.5, 0.6) is 11.5 Å². The van der Waals surface area contributed by atoms with E-state index in [1.807, 2.05) is 0 Å². The number of benzene rings is 2. The number of halogens is 1. The molecular formula is C22H23FO4. The lowest BCUT2D eigenvalue weighted by Gasteiger charge is -2.24. The van der Waals surface area contributed by atoms with E-state index in [1.165, 1.54) is 24.3 Å². The van der Waals surface area contributed by atoms with E-state index in [1.54, 1.807) is 24.3 Å². The summed E-state index contributed by atoms with van der Waals surface area (Å²) in [6.07, 6.45) is 3.86. The number of ether oxygens (including phenoxy) is 2. The average molecular weight is 370 g/mol. The summed E-state index contributed by atoms with van der Waals surface area (Å²) in [6.45, 7) is 2.06. The van der Waals surface area contributed by atoms with Crippen molar-refractivity contribution >= 4 is 11.8 Å². The molecular weight excluding hydrogens is 347 g/mol.